The highest BCUT2D eigenvalue weighted by molar-refractivity contribution is 5.80. The van der Waals surface area contributed by atoms with Crippen molar-refractivity contribution in [1.82, 2.24) is 10.6 Å². The van der Waals surface area contributed by atoms with E-state index in [1.165, 1.54) is 18.4 Å². The summed E-state index contributed by atoms with van der Waals surface area (Å²) in [5.41, 5.74) is 1.63. The van der Waals surface area contributed by atoms with Crippen molar-refractivity contribution in [2.24, 2.45) is 16.3 Å². The molecule has 3 nitrogen and oxygen atoms in total. The average Bonchev–Trinajstić information content (AvgIpc) is 3.39. The lowest BCUT2D eigenvalue weighted by Gasteiger charge is -2.31. The van der Waals surface area contributed by atoms with Crippen LogP contribution in [0.5, 0.6) is 0 Å². The van der Waals surface area contributed by atoms with E-state index in [2.05, 4.69) is 39.9 Å². The lowest BCUT2D eigenvalue weighted by Crippen LogP contribution is -2.47. The maximum atomic E-state index is 12.8. The van der Waals surface area contributed by atoms with Crippen LogP contribution in [0, 0.1) is 11.3 Å². The Morgan fingerprint density at radius 2 is 1.77 bits per heavy atom. The third kappa shape index (κ3) is 5.15. The molecule has 0 atom stereocenters. The van der Waals surface area contributed by atoms with E-state index in [-0.39, 0.29) is 24.3 Å². The summed E-state index contributed by atoms with van der Waals surface area (Å²) in [6, 6.07) is 10.6. The second-order valence-corrected chi connectivity index (χ2v) is 7.82. The summed E-state index contributed by atoms with van der Waals surface area (Å²) in [7, 11) is 1.72. The summed E-state index contributed by atoms with van der Waals surface area (Å²) in [5.74, 6) is -0.434. The minimum absolute atomic E-state index is 0.0732. The number of alkyl halides is 3. The van der Waals surface area contributed by atoms with Crippen LogP contribution in [0.4, 0.5) is 13.2 Å². The van der Waals surface area contributed by atoms with Gasteiger partial charge in [-0.1, -0.05) is 30.3 Å². The normalized spacial score (nSPS) is 25.6. The molecular weight excluding hydrogens is 339 g/mol. The molecule has 2 aliphatic rings. The molecule has 2 saturated carbocycles. The smallest absolute Gasteiger partial charge is 0.356 e. The maximum Gasteiger partial charge on any atom is 0.391 e. The summed E-state index contributed by atoms with van der Waals surface area (Å²) in [6.45, 7) is 0.847. The highest BCUT2D eigenvalue weighted by Crippen LogP contribution is 2.47. The van der Waals surface area contributed by atoms with Gasteiger partial charge in [-0.15, -0.1) is 0 Å². The standard InChI is InChI=1S/C20H28F3N3/c1-24-18(26-17-9-7-16(8-10-17)20(21,22)23)25-14-19(11-12-19)13-15-5-3-2-4-6-15/h2-6,16-17H,7-14H2,1H3,(H2,24,25,26). The second kappa shape index (κ2) is 7.89. The predicted molar refractivity (Wildman–Crippen MR) is 98.1 cm³/mol. The van der Waals surface area contributed by atoms with Gasteiger partial charge in [-0.05, 0) is 55.9 Å². The zero-order valence-electron chi connectivity index (χ0n) is 15.3. The molecule has 2 aliphatic carbocycles. The average molecular weight is 367 g/mol. The van der Waals surface area contributed by atoms with Crippen molar-refractivity contribution in [3.63, 3.8) is 0 Å². The molecular formula is C20H28F3N3. The highest BCUT2D eigenvalue weighted by atomic mass is 19.4. The number of benzene rings is 1. The predicted octanol–water partition coefficient (Wildman–Crippen LogP) is 4.30. The number of guanidine groups is 1. The van der Waals surface area contributed by atoms with Gasteiger partial charge >= 0.3 is 6.18 Å². The highest BCUT2D eigenvalue weighted by Gasteiger charge is 2.43. The third-order valence-electron chi connectivity index (χ3n) is 5.76. The first-order valence-electron chi connectivity index (χ1n) is 9.48. The van der Waals surface area contributed by atoms with Gasteiger partial charge in [-0.3, -0.25) is 4.99 Å². The minimum atomic E-state index is -4.05. The molecule has 2 fully saturated rings. The number of aliphatic imine (C=N–C) groups is 1. The van der Waals surface area contributed by atoms with Gasteiger partial charge in [0.1, 0.15) is 0 Å². The Balaban J connectivity index is 1.44. The summed E-state index contributed by atoms with van der Waals surface area (Å²) >= 11 is 0. The molecule has 0 unspecified atom stereocenters. The first-order chi connectivity index (χ1) is 12.4. The zero-order valence-corrected chi connectivity index (χ0v) is 15.3. The van der Waals surface area contributed by atoms with E-state index < -0.39 is 12.1 Å². The van der Waals surface area contributed by atoms with E-state index in [9.17, 15) is 13.2 Å². The van der Waals surface area contributed by atoms with Gasteiger partial charge in [0.2, 0.25) is 0 Å². The van der Waals surface area contributed by atoms with Crippen molar-refractivity contribution < 1.29 is 13.2 Å². The third-order valence-corrected chi connectivity index (χ3v) is 5.76. The molecule has 26 heavy (non-hydrogen) atoms. The molecule has 0 radical (unpaired) electrons. The largest absolute Gasteiger partial charge is 0.391 e. The minimum Gasteiger partial charge on any atom is -0.356 e. The van der Waals surface area contributed by atoms with Crippen molar-refractivity contribution >= 4 is 5.96 Å². The van der Waals surface area contributed by atoms with Crippen LogP contribution in [0.25, 0.3) is 0 Å². The van der Waals surface area contributed by atoms with Crippen molar-refractivity contribution in [2.75, 3.05) is 13.6 Å². The number of nitrogens with zero attached hydrogens (tertiary/aromatic N) is 1. The molecule has 0 saturated heterocycles. The molecule has 3 rings (SSSR count). The fraction of sp³-hybridized carbons (Fsp3) is 0.650. The fourth-order valence-electron chi connectivity index (χ4n) is 3.85. The number of hydrogen-bond donors (Lipinski definition) is 2. The molecule has 2 N–H and O–H groups in total. The lowest BCUT2D eigenvalue weighted by atomic mass is 9.85. The molecule has 0 heterocycles. The second-order valence-electron chi connectivity index (χ2n) is 7.82. The number of hydrogen-bond acceptors (Lipinski definition) is 1. The number of rotatable bonds is 5. The molecule has 0 aliphatic heterocycles. The van der Waals surface area contributed by atoms with E-state index in [0.29, 0.717) is 18.8 Å². The summed E-state index contributed by atoms with van der Waals surface area (Å²) < 4.78 is 38.3. The zero-order chi connectivity index (χ0) is 18.6. The molecule has 144 valence electrons. The molecule has 0 aromatic heterocycles. The van der Waals surface area contributed by atoms with E-state index in [4.69, 9.17) is 0 Å². The molecule has 1 aromatic rings. The van der Waals surface area contributed by atoms with Gasteiger partial charge in [0, 0.05) is 19.6 Å². The Morgan fingerprint density at radius 1 is 1.12 bits per heavy atom. The Kier molecular flexibility index (Phi) is 5.78. The maximum absolute atomic E-state index is 12.8. The first-order valence-corrected chi connectivity index (χ1v) is 9.48. The van der Waals surface area contributed by atoms with E-state index in [1.54, 1.807) is 7.05 Å². The molecule has 0 amide bonds. The van der Waals surface area contributed by atoms with Crippen LogP contribution in [0.3, 0.4) is 0 Å². The molecule has 6 heteroatoms. The van der Waals surface area contributed by atoms with Crippen LogP contribution < -0.4 is 10.6 Å². The van der Waals surface area contributed by atoms with Gasteiger partial charge in [0.15, 0.2) is 5.96 Å². The van der Waals surface area contributed by atoms with Crippen LogP contribution in [-0.2, 0) is 6.42 Å². The first kappa shape index (κ1) is 19.1. The van der Waals surface area contributed by atoms with Gasteiger partial charge in [-0.2, -0.15) is 13.2 Å². The van der Waals surface area contributed by atoms with Crippen LogP contribution in [0.2, 0.25) is 0 Å². The number of nitrogens with one attached hydrogen (secondary N) is 2. The van der Waals surface area contributed by atoms with Crippen LogP contribution in [-0.4, -0.2) is 31.8 Å². The van der Waals surface area contributed by atoms with E-state index >= 15 is 0 Å². The Morgan fingerprint density at radius 3 is 2.31 bits per heavy atom. The monoisotopic (exact) mass is 367 g/mol. The van der Waals surface area contributed by atoms with E-state index in [0.717, 1.165) is 13.0 Å². The Bertz CT molecular complexity index is 600. The van der Waals surface area contributed by atoms with E-state index in [1.807, 2.05) is 6.07 Å². The fourth-order valence-corrected chi connectivity index (χ4v) is 3.85. The van der Waals surface area contributed by atoms with Crippen molar-refractivity contribution in [3.05, 3.63) is 35.9 Å². The van der Waals surface area contributed by atoms with Gasteiger partial charge in [-0.25, -0.2) is 0 Å². The van der Waals surface area contributed by atoms with Gasteiger partial charge < -0.3 is 10.6 Å². The van der Waals surface area contributed by atoms with Crippen LogP contribution >= 0.6 is 0 Å². The van der Waals surface area contributed by atoms with Gasteiger partial charge in [0.25, 0.3) is 0 Å². The van der Waals surface area contributed by atoms with Crippen LogP contribution in [0.15, 0.2) is 35.3 Å². The van der Waals surface area contributed by atoms with Crippen molar-refractivity contribution in [1.29, 1.82) is 0 Å². The van der Waals surface area contributed by atoms with Crippen LogP contribution in [0.1, 0.15) is 44.1 Å². The molecule has 0 spiro atoms. The van der Waals surface area contributed by atoms with Gasteiger partial charge in [0.05, 0.1) is 5.92 Å². The SMILES string of the molecule is CN=C(NCC1(Cc2ccccc2)CC1)NC1CCC(C(F)(F)F)CC1. The quantitative estimate of drug-likeness (QED) is 0.601. The Hall–Kier alpha value is -1.72. The molecule has 0 bridgehead atoms. The topological polar surface area (TPSA) is 36.4 Å². The lowest BCUT2D eigenvalue weighted by molar-refractivity contribution is -0.182. The molecule has 1 aromatic carbocycles. The Labute approximate surface area is 153 Å². The van der Waals surface area contributed by atoms with Crippen molar-refractivity contribution in [2.45, 2.75) is 57.2 Å². The number of halogens is 3. The van der Waals surface area contributed by atoms with Crippen molar-refractivity contribution in [3.8, 4) is 0 Å². The summed E-state index contributed by atoms with van der Waals surface area (Å²) in [5, 5.41) is 6.71. The summed E-state index contributed by atoms with van der Waals surface area (Å²) in [6.07, 6.45) is 0.882. The summed E-state index contributed by atoms with van der Waals surface area (Å²) in [4.78, 5) is 4.26.